The maximum absolute atomic E-state index is 12.9. The second-order valence-electron chi connectivity index (χ2n) is 6.04. The molecule has 10 heteroatoms. The largest absolute Gasteiger partial charge is 0.381 e. The third kappa shape index (κ3) is 2.11. The van der Waals surface area contributed by atoms with Gasteiger partial charge in [0.25, 0.3) is 11.6 Å². The van der Waals surface area contributed by atoms with Gasteiger partial charge in [-0.05, 0) is 13.0 Å². The van der Waals surface area contributed by atoms with Gasteiger partial charge in [-0.1, -0.05) is 11.2 Å². The van der Waals surface area contributed by atoms with E-state index in [1.54, 1.807) is 17.9 Å². The first-order chi connectivity index (χ1) is 12.4. The highest BCUT2D eigenvalue weighted by atomic mass is 16.7. The molecule has 1 saturated heterocycles. The summed E-state index contributed by atoms with van der Waals surface area (Å²) in [4.78, 5) is 42.1. The van der Waals surface area contributed by atoms with Crippen LogP contribution in [0.1, 0.15) is 11.3 Å². The Labute approximate surface area is 146 Å². The molecule has 1 aromatic heterocycles. The third-order valence-electron chi connectivity index (χ3n) is 4.62. The van der Waals surface area contributed by atoms with Gasteiger partial charge < -0.3 is 4.84 Å². The van der Waals surface area contributed by atoms with E-state index in [2.05, 4.69) is 10.3 Å². The predicted octanol–water partition coefficient (Wildman–Crippen LogP) is 0.929. The van der Waals surface area contributed by atoms with Crippen molar-refractivity contribution in [3.63, 3.8) is 0 Å². The molecular formula is C16H13N5O5. The number of aryl methyl sites for hydroxylation is 1. The number of aromatic nitrogens is 2. The van der Waals surface area contributed by atoms with Crippen LogP contribution in [0.5, 0.6) is 0 Å². The van der Waals surface area contributed by atoms with E-state index in [4.69, 9.17) is 4.84 Å². The van der Waals surface area contributed by atoms with Gasteiger partial charge in [-0.3, -0.25) is 24.4 Å². The van der Waals surface area contributed by atoms with Crippen LogP contribution in [0, 0.1) is 23.0 Å². The molecule has 0 radical (unpaired) electrons. The van der Waals surface area contributed by atoms with Crippen molar-refractivity contribution in [3.05, 3.63) is 51.8 Å². The van der Waals surface area contributed by atoms with Crippen LogP contribution in [0.25, 0.3) is 0 Å². The molecule has 2 aliphatic rings. The van der Waals surface area contributed by atoms with Gasteiger partial charge in [0.15, 0.2) is 0 Å². The molecule has 0 bridgehead atoms. The number of carbonyl (C=O) groups is 2. The average Bonchev–Trinajstić information content (AvgIpc) is 3.25. The molecule has 132 valence electrons. The van der Waals surface area contributed by atoms with Gasteiger partial charge in [0.05, 0.1) is 16.8 Å². The first-order valence-corrected chi connectivity index (χ1v) is 7.75. The number of oxime groups is 1. The molecule has 4 rings (SSSR count). The van der Waals surface area contributed by atoms with Crippen molar-refractivity contribution in [2.24, 2.45) is 18.1 Å². The number of hydrogen-bond acceptors (Lipinski definition) is 7. The molecule has 1 fully saturated rings. The maximum Gasteiger partial charge on any atom is 0.278 e. The second-order valence-corrected chi connectivity index (χ2v) is 6.04. The van der Waals surface area contributed by atoms with Crippen LogP contribution in [0.4, 0.5) is 11.4 Å². The Morgan fingerprint density at radius 2 is 2.04 bits per heavy atom. The lowest BCUT2D eigenvalue weighted by molar-refractivity contribution is -0.384. The fraction of sp³-hybridized carbons (Fsp3) is 0.250. The minimum atomic E-state index is -1.07. The van der Waals surface area contributed by atoms with Crippen molar-refractivity contribution in [3.8, 4) is 0 Å². The van der Waals surface area contributed by atoms with E-state index in [0.29, 0.717) is 11.3 Å². The number of benzene rings is 1. The predicted molar refractivity (Wildman–Crippen MR) is 88.4 cm³/mol. The summed E-state index contributed by atoms with van der Waals surface area (Å²) in [6.07, 6.45) is 0.490. The number of imide groups is 1. The number of amides is 2. The Kier molecular flexibility index (Phi) is 3.36. The maximum atomic E-state index is 12.9. The lowest BCUT2D eigenvalue weighted by atomic mass is 9.94. The molecule has 0 saturated carbocycles. The summed E-state index contributed by atoms with van der Waals surface area (Å²) in [6, 6.07) is 5.36. The highest BCUT2D eigenvalue weighted by Crippen LogP contribution is 2.36. The quantitative estimate of drug-likeness (QED) is 0.459. The van der Waals surface area contributed by atoms with E-state index < -0.39 is 28.8 Å². The minimum Gasteiger partial charge on any atom is -0.381 e. The zero-order valence-corrected chi connectivity index (χ0v) is 13.8. The van der Waals surface area contributed by atoms with E-state index in [1.807, 2.05) is 6.92 Å². The van der Waals surface area contributed by atoms with Gasteiger partial charge in [-0.2, -0.15) is 5.10 Å². The number of hydrogen-bond donors (Lipinski definition) is 0. The minimum absolute atomic E-state index is 0.134. The van der Waals surface area contributed by atoms with E-state index in [1.165, 1.54) is 24.3 Å². The van der Waals surface area contributed by atoms with E-state index in [9.17, 15) is 19.7 Å². The Morgan fingerprint density at radius 3 is 2.69 bits per heavy atom. The van der Waals surface area contributed by atoms with Crippen LogP contribution in [-0.2, 0) is 21.5 Å². The number of nitro groups is 1. The summed E-state index contributed by atoms with van der Waals surface area (Å²) >= 11 is 0. The number of anilines is 1. The van der Waals surface area contributed by atoms with Crippen molar-refractivity contribution in [1.82, 2.24) is 9.78 Å². The zero-order chi connectivity index (χ0) is 18.6. The van der Waals surface area contributed by atoms with Crippen LogP contribution < -0.4 is 4.90 Å². The van der Waals surface area contributed by atoms with Gasteiger partial charge in [-0.15, -0.1) is 0 Å². The van der Waals surface area contributed by atoms with Crippen molar-refractivity contribution < 1.29 is 19.3 Å². The third-order valence-corrected chi connectivity index (χ3v) is 4.62. The van der Waals surface area contributed by atoms with Gasteiger partial charge in [0.2, 0.25) is 12.0 Å². The first kappa shape index (κ1) is 15.9. The van der Waals surface area contributed by atoms with E-state index in [0.717, 1.165) is 10.6 Å². The molecule has 3 heterocycles. The van der Waals surface area contributed by atoms with Crippen LogP contribution >= 0.6 is 0 Å². The second kappa shape index (κ2) is 5.48. The number of nitro benzene ring substituents is 1. The summed E-state index contributed by atoms with van der Waals surface area (Å²) in [5.41, 5.74) is 1.67. The summed E-state index contributed by atoms with van der Waals surface area (Å²) in [7, 11) is 1.75. The molecule has 10 nitrogen and oxygen atoms in total. The molecule has 0 aliphatic carbocycles. The average molecular weight is 355 g/mol. The fourth-order valence-corrected chi connectivity index (χ4v) is 3.15. The molecule has 0 unspecified atom stereocenters. The van der Waals surface area contributed by atoms with Crippen molar-refractivity contribution in [1.29, 1.82) is 0 Å². The highest BCUT2D eigenvalue weighted by Gasteiger charge is 2.56. The van der Waals surface area contributed by atoms with Gasteiger partial charge in [0, 0.05) is 30.4 Å². The van der Waals surface area contributed by atoms with Crippen LogP contribution in [0.3, 0.4) is 0 Å². The molecule has 0 spiro atoms. The Bertz CT molecular complexity index is 995. The Morgan fingerprint density at radius 1 is 1.27 bits per heavy atom. The summed E-state index contributed by atoms with van der Waals surface area (Å²) in [5, 5.41) is 19.0. The standard InChI is InChI=1S/C16H13N5O5/c1-8-11(7-17-19(8)2)13-12-14(26-18-13)16(23)20(15(12)22)9-4-3-5-10(6-9)21(24)25/h3-7,12,14H,1-2H3/t12-,14-/m1/s1. The molecule has 2 aliphatic heterocycles. The monoisotopic (exact) mass is 355 g/mol. The molecular weight excluding hydrogens is 342 g/mol. The summed E-state index contributed by atoms with van der Waals surface area (Å²) in [5.74, 6) is -2.02. The number of nitrogens with zero attached hydrogens (tertiary/aromatic N) is 5. The normalized spacial score (nSPS) is 21.6. The van der Waals surface area contributed by atoms with Crippen molar-refractivity contribution in [2.75, 3.05) is 4.90 Å². The number of rotatable bonds is 3. The molecule has 2 aromatic rings. The van der Waals surface area contributed by atoms with Crippen molar-refractivity contribution >= 4 is 28.9 Å². The zero-order valence-electron chi connectivity index (χ0n) is 13.8. The van der Waals surface area contributed by atoms with E-state index in [-0.39, 0.29) is 11.4 Å². The topological polar surface area (TPSA) is 120 Å². The molecule has 26 heavy (non-hydrogen) atoms. The first-order valence-electron chi connectivity index (χ1n) is 7.75. The number of fused-ring (bicyclic) bond motifs is 1. The van der Waals surface area contributed by atoms with Crippen LogP contribution in [0.2, 0.25) is 0 Å². The molecule has 2 amide bonds. The molecule has 2 atom stereocenters. The van der Waals surface area contributed by atoms with Gasteiger partial charge in [0.1, 0.15) is 11.6 Å². The Hall–Kier alpha value is -3.56. The van der Waals surface area contributed by atoms with Gasteiger partial charge in [-0.25, -0.2) is 4.90 Å². The molecule has 0 N–H and O–H groups in total. The SMILES string of the molecule is Cc1c(C2=NO[C@H]3C(=O)N(c4cccc([N+](=O)[O-])c4)C(=O)[C@H]23)cnn1C. The van der Waals surface area contributed by atoms with Crippen LogP contribution in [-0.4, -0.2) is 38.3 Å². The smallest absolute Gasteiger partial charge is 0.278 e. The lowest BCUT2D eigenvalue weighted by Gasteiger charge is -2.15. The summed E-state index contributed by atoms with van der Waals surface area (Å²) < 4.78 is 1.63. The lowest BCUT2D eigenvalue weighted by Crippen LogP contribution is -2.33. The molecule has 1 aromatic carbocycles. The van der Waals surface area contributed by atoms with Crippen LogP contribution in [0.15, 0.2) is 35.6 Å². The van der Waals surface area contributed by atoms with Gasteiger partial charge >= 0.3 is 0 Å². The Balaban J connectivity index is 1.72. The summed E-state index contributed by atoms with van der Waals surface area (Å²) in [6.45, 7) is 1.82. The van der Waals surface area contributed by atoms with Crippen molar-refractivity contribution in [2.45, 2.75) is 13.0 Å². The number of non-ortho nitro benzene ring substituents is 1. The number of carbonyl (C=O) groups excluding carboxylic acids is 2. The highest BCUT2D eigenvalue weighted by molar-refractivity contribution is 6.32. The fourth-order valence-electron chi connectivity index (χ4n) is 3.15. The van der Waals surface area contributed by atoms with E-state index >= 15 is 0 Å².